The first-order valence-corrected chi connectivity index (χ1v) is 16.1. The van der Waals surface area contributed by atoms with E-state index in [-0.39, 0.29) is 0 Å². The average molecular weight is 624 g/mol. The van der Waals surface area contributed by atoms with Crippen LogP contribution >= 0.6 is 23.2 Å². The Morgan fingerprint density at radius 2 is 1.76 bits per heavy atom. The van der Waals surface area contributed by atoms with E-state index in [0.717, 1.165) is 39.4 Å². The van der Waals surface area contributed by atoms with E-state index in [0.29, 0.717) is 33.5 Å². The number of unbranched alkanes of at least 4 members (excludes halogenated alkanes) is 4. The summed E-state index contributed by atoms with van der Waals surface area (Å²) < 4.78 is 30.0. The summed E-state index contributed by atoms with van der Waals surface area (Å²) in [7, 11) is -3.93. The summed E-state index contributed by atoms with van der Waals surface area (Å²) in [6.07, 6.45) is 14.0. The third-order valence-electron chi connectivity index (χ3n) is 6.96. The van der Waals surface area contributed by atoms with Crippen LogP contribution in [-0.4, -0.2) is 23.1 Å². The smallest absolute Gasteiger partial charge is 0.330 e. The van der Waals surface area contributed by atoms with Crippen LogP contribution in [0.25, 0.3) is 23.0 Å². The molecular weight excluding hydrogens is 591 g/mol. The normalized spacial score (nSPS) is 14.4. The summed E-state index contributed by atoms with van der Waals surface area (Å²) in [5.41, 5.74) is 4.68. The van der Waals surface area contributed by atoms with Gasteiger partial charge in [0.15, 0.2) is 0 Å². The molecular formula is C32H32Cl2N4O3S. The van der Waals surface area contributed by atoms with Gasteiger partial charge in [-0.3, -0.25) is 0 Å². The second-order valence-electron chi connectivity index (χ2n) is 10.1. The molecule has 0 atom stereocenters. The van der Waals surface area contributed by atoms with E-state index in [2.05, 4.69) is 48.1 Å². The Hall–Kier alpha value is -3.72. The molecule has 1 aliphatic heterocycles. The molecule has 0 bridgehead atoms. The van der Waals surface area contributed by atoms with Crippen molar-refractivity contribution in [2.45, 2.75) is 45.4 Å². The molecule has 5 rings (SSSR count). The molecule has 0 radical (unpaired) electrons. The fourth-order valence-electron chi connectivity index (χ4n) is 4.81. The van der Waals surface area contributed by atoms with Crippen LogP contribution in [-0.2, 0) is 16.6 Å². The molecule has 2 N–H and O–H groups in total. The van der Waals surface area contributed by atoms with Crippen molar-refractivity contribution in [3.8, 4) is 16.9 Å². The van der Waals surface area contributed by atoms with Gasteiger partial charge in [-0.05, 0) is 60.4 Å². The van der Waals surface area contributed by atoms with Gasteiger partial charge in [0.2, 0.25) is 5.88 Å². The highest BCUT2D eigenvalue weighted by Crippen LogP contribution is 2.32. The van der Waals surface area contributed by atoms with Gasteiger partial charge in [-0.2, -0.15) is 8.42 Å². The van der Waals surface area contributed by atoms with E-state index < -0.39 is 16.1 Å². The van der Waals surface area contributed by atoms with Crippen molar-refractivity contribution in [3.63, 3.8) is 0 Å². The van der Waals surface area contributed by atoms with Gasteiger partial charge in [0.1, 0.15) is 5.82 Å². The Kier molecular flexibility index (Phi) is 9.26. The molecule has 0 saturated carbocycles. The monoisotopic (exact) mass is 622 g/mol. The van der Waals surface area contributed by atoms with Gasteiger partial charge in [-0.1, -0.05) is 91.9 Å². The van der Waals surface area contributed by atoms with E-state index in [1.165, 1.54) is 25.7 Å². The average Bonchev–Trinajstić information content (AvgIpc) is 3.50. The topological polar surface area (TPSA) is 87.5 Å². The number of aliphatic hydroxyl groups is 1. The second kappa shape index (κ2) is 13.1. The first-order valence-electron chi connectivity index (χ1n) is 13.9. The summed E-state index contributed by atoms with van der Waals surface area (Å²) >= 11 is 12.7. The number of aromatic nitrogens is 2. The third kappa shape index (κ3) is 7.01. The Labute approximate surface area is 256 Å². The standard InChI is InChI=1S/C32H32Cl2N4O3S/c1-2-3-4-5-6-7-9-23-12-14-24(15-13-23)18-31-35-30(28-17-16-25(33)19-29(28)34)21-37(31)26-10-8-11-27(20-26)38-22-32(39)36-42(38,40)41/h7-17,19-22,36,39H,2-6,18H2,1H3. The largest absolute Gasteiger partial charge is 0.493 e. The molecule has 0 saturated heterocycles. The molecule has 0 amide bonds. The van der Waals surface area contributed by atoms with Crippen LogP contribution in [0, 0.1) is 0 Å². The zero-order valence-corrected chi connectivity index (χ0v) is 25.5. The summed E-state index contributed by atoms with van der Waals surface area (Å²) in [6, 6.07) is 20.7. The number of nitrogens with one attached hydrogen (secondary N) is 1. The fourth-order valence-corrected chi connectivity index (χ4v) is 6.36. The molecule has 0 aliphatic carbocycles. The highest BCUT2D eigenvalue weighted by atomic mass is 35.5. The molecule has 1 aliphatic rings. The quantitative estimate of drug-likeness (QED) is 0.164. The van der Waals surface area contributed by atoms with Gasteiger partial charge < -0.3 is 9.67 Å². The Morgan fingerprint density at radius 1 is 0.976 bits per heavy atom. The third-order valence-corrected chi connectivity index (χ3v) is 8.81. The molecule has 42 heavy (non-hydrogen) atoms. The maximum atomic E-state index is 12.5. The number of hydrogen-bond acceptors (Lipinski definition) is 4. The maximum absolute atomic E-state index is 12.5. The molecule has 1 aromatic heterocycles. The van der Waals surface area contributed by atoms with Crippen LogP contribution in [0.1, 0.15) is 56.0 Å². The zero-order chi connectivity index (χ0) is 29.7. The van der Waals surface area contributed by atoms with E-state index in [9.17, 15) is 13.5 Å². The van der Waals surface area contributed by atoms with E-state index in [1.807, 2.05) is 22.9 Å². The Morgan fingerprint density at radius 3 is 2.48 bits per heavy atom. The van der Waals surface area contributed by atoms with Crippen molar-refractivity contribution < 1.29 is 13.5 Å². The molecule has 0 fully saturated rings. The van der Waals surface area contributed by atoms with E-state index in [1.54, 1.807) is 30.3 Å². The minimum atomic E-state index is -3.93. The number of rotatable bonds is 11. The van der Waals surface area contributed by atoms with Crippen LogP contribution < -0.4 is 9.03 Å². The summed E-state index contributed by atoms with van der Waals surface area (Å²) in [6.45, 7) is 2.22. The van der Waals surface area contributed by atoms with E-state index >= 15 is 0 Å². The van der Waals surface area contributed by atoms with Crippen molar-refractivity contribution in [2.24, 2.45) is 0 Å². The van der Waals surface area contributed by atoms with Crippen molar-refractivity contribution in [1.29, 1.82) is 0 Å². The van der Waals surface area contributed by atoms with Crippen molar-refractivity contribution in [2.75, 3.05) is 4.31 Å². The van der Waals surface area contributed by atoms with Crippen LogP contribution in [0.2, 0.25) is 10.0 Å². The van der Waals surface area contributed by atoms with Gasteiger partial charge >= 0.3 is 10.2 Å². The molecule has 2 heterocycles. The second-order valence-corrected chi connectivity index (χ2v) is 12.5. The minimum absolute atomic E-state index is 0.362. The van der Waals surface area contributed by atoms with Crippen LogP contribution in [0.15, 0.2) is 91.1 Å². The number of halogens is 2. The number of benzene rings is 3. The lowest BCUT2D eigenvalue weighted by Gasteiger charge is -2.16. The molecule has 3 aromatic carbocycles. The lowest BCUT2D eigenvalue weighted by Crippen LogP contribution is -2.29. The summed E-state index contributed by atoms with van der Waals surface area (Å²) in [5.74, 6) is 0.298. The molecule has 218 valence electrons. The Bertz CT molecular complexity index is 1730. The number of aliphatic hydroxyl groups excluding tert-OH is 1. The zero-order valence-electron chi connectivity index (χ0n) is 23.2. The molecule has 4 aromatic rings. The Balaban J connectivity index is 1.46. The summed E-state index contributed by atoms with van der Waals surface area (Å²) in [5, 5.41) is 10.8. The maximum Gasteiger partial charge on any atom is 0.330 e. The summed E-state index contributed by atoms with van der Waals surface area (Å²) in [4.78, 5) is 4.94. The molecule has 0 spiro atoms. The van der Waals surface area contributed by atoms with Gasteiger partial charge in [-0.15, -0.1) is 0 Å². The predicted molar refractivity (Wildman–Crippen MR) is 171 cm³/mol. The van der Waals surface area contributed by atoms with Crippen LogP contribution in [0.4, 0.5) is 5.69 Å². The number of anilines is 1. The van der Waals surface area contributed by atoms with Crippen molar-refractivity contribution in [1.82, 2.24) is 14.3 Å². The number of nitrogens with zero attached hydrogens (tertiary/aromatic N) is 3. The van der Waals surface area contributed by atoms with Crippen molar-refractivity contribution >= 4 is 45.2 Å². The SMILES string of the molecule is CCCCCCC=Cc1ccc(Cc2nc(-c3ccc(Cl)cc3Cl)cn2-c2cccc(N3C=C(O)NS3(=O)=O)c2)cc1. The number of imidazole rings is 1. The lowest BCUT2D eigenvalue weighted by atomic mass is 10.1. The van der Waals surface area contributed by atoms with Crippen molar-refractivity contribution in [3.05, 3.63) is 118 Å². The molecule has 0 unspecified atom stereocenters. The molecule has 10 heteroatoms. The van der Waals surface area contributed by atoms with Crippen LogP contribution in [0.5, 0.6) is 0 Å². The first kappa shape index (κ1) is 29.8. The number of hydrogen-bond donors (Lipinski definition) is 2. The van der Waals surface area contributed by atoms with Crippen LogP contribution in [0.3, 0.4) is 0 Å². The first-order chi connectivity index (χ1) is 20.2. The highest BCUT2D eigenvalue weighted by molar-refractivity contribution is 7.91. The minimum Gasteiger partial charge on any atom is -0.493 e. The predicted octanol–water partition coefficient (Wildman–Crippen LogP) is 8.43. The highest BCUT2D eigenvalue weighted by Gasteiger charge is 2.29. The van der Waals surface area contributed by atoms with Gasteiger partial charge in [0.25, 0.3) is 0 Å². The van der Waals surface area contributed by atoms with Gasteiger partial charge in [0.05, 0.1) is 22.6 Å². The fraction of sp³-hybridized carbons (Fsp3) is 0.219. The lowest BCUT2D eigenvalue weighted by molar-refractivity contribution is 0.392. The molecule has 7 nitrogen and oxygen atoms in total. The van der Waals surface area contributed by atoms with Gasteiger partial charge in [-0.25, -0.2) is 14.0 Å². The van der Waals surface area contributed by atoms with Gasteiger partial charge in [0, 0.05) is 28.9 Å². The number of allylic oxidation sites excluding steroid dienone is 1. The van der Waals surface area contributed by atoms with E-state index in [4.69, 9.17) is 28.2 Å².